The fraction of sp³-hybridized carbons (Fsp3) is 0.125. The van der Waals surface area contributed by atoms with Gasteiger partial charge in [-0.25, -0.2) is 0 Å². The van der Waals surface area contributed by atoms with Gasteiger partial charge in [-0.1, -0.05) is 35.0 Å². The lowest BCUT2D eigenvalue weighted by molar-refractivity contribution is 0.243. The van der Waals surface area contributed by atoms with Crippen molar-refractivity contribution in [3.8, 4) is 22.9 Å². The van der Waals surface area contributed by atoms with E-state index in [-0.39, 0.29) is 6.61 Å². The van der Waals surface area contributed by atoms with Gasteiger partial charge in [-0.2, -0.15) is 4.98 Å². The minimum absolute atomic E-state index is 0.194. The van der Waals surface area contributed by atoms with Gasteiger partial charge in [0.2, 0.25) is 5.82 Å². The first-order chi connectivity index (χ1) is 10.8. The Hall–Kier alpha value is -2.53. The third-order valence-electron chi connectivity index (χ3n) is 2.98. The van der Waals surface area contributed by atoms with Crippen LogP contribution in [0.25, 0.3) is 11.4 Å². The lowest BCUT2D eigenvalue weighted by Gasteiger charge is -2.04. The number of benzene rings is 2. The second-order valence-electron chi connectivity index (χ2n) is 4.46. The molecule has 0 spiro atoms. The maximum atomic E-state index is 6.01. The van der Waals surface area contributed by atoms with Crippen molar-refractivity contribution in [2.24, 2.45) is 0 Å². The van der Waals surface area contributed by atoms with Crippen molar-refractivity contribution in [1.29, 1.82) is 0 Å². The van der Waals surface area contributed by atoms with Crippen LogP contribution < -0.4 is 9.47 Å². The van der Waals surface area contributed by atoms with Crippen LogP contribution in [0.2, 0.25) is 5.02 Å². The minimum atomic E-state index is 0.194. The maximum absolute atomic E-state index is 6.01. The third-order valence-corrected chi connectivity index (χ3v) is 3.21. The molecule has 1 aromatic heterocycles. The van der Waals surface area contributed by atoms with Gasteiger partial charge in [0.1, 0.15) is 11.5 Å². The van der Waals surface area contributed by atoms with Gasteiger partial charge in [0.05, 0.1) is 12.7 Å². The number of hydrogen-bond donors (Lipinski definition) is 0. The monoisotopic (exact) mass is 316 g/mol. The molecule has 3 aromatic rings. The summed E-state index contributed by atoms with van der Waals surface area (Å²) in [5.41, 5.74) is 0.671. The number of methoxy groups -OCH3 is 1. The van der Waals surface area contributed by atoms with Crippen LogP contribution in [0.4, 0.5) is 0 Å². The molecule has 2 aromatic carbocycles. The predicted octanol–water partition coefficient (Wildman–Crippen LogP) is 3.98. The Morgan fingerprint density at radius 3 is 2.73 bits per heavy atom. The summed E-state index contributed by atoms with van der Waals surface area (Å²) in [6, 6.07) is 14.7. The molecule has 0 unspecified atom stereocenters. The zero-order valence-electron chi connectivity index (χ0n) is 11.8. The van der Waals surface area contributed by atoms with Gasteiger partial charge < -0.3 is 14.0 Å². The second-order valence-corrected chi connectivity index (χ2v) is 4.89. The molecule has 0 bridgehead atoms. The summed E-state index contributed by atoms with van der Waals surface area (Å²) in [6.07, 6.45) is 0. The molecular formula is C16H13ClN2O3. The third kappa shape index (κ3) is 3.20. The molecule has 0 N–H and O–H groups in total. The molecule has 0 saturated heterocycles. The number of ether oxygens (including phenoxy) is 2. The summed E-state index contributed by atoms with van der Waals surface area (Å²) >= 11 is 6.01. The van der Waals surface area contributed by atoms with Crippen molar-refractivity contribution in [2.45, 2.75) is 6.61 Å². The molecule has 0 atom stereocenters. The van der Waals surface area contributed by atoms with E-state index >= 15 is 0 Å². The molecule has 0 radical (unpaired) electrons. The summed E-state index contributed by atoms with van der Waals surface area (Å²) in [7, 11) is 1.58. The average Bonchev–Trinajstić information content (AvgIpc) is 3.03. The number of rotatable bonds is 5. The first-order valence-corrected chi connectivity index (χ1v) is 6.98. The minimum Gasteiger partial charge on any atom is -0.496 e. The predicted molar refractivity (Wildman–Crippen MR) is 82.1 cm³/mol. The van der Waals surface area contributed by atoms with Gasteiger partial charge >= 0.3 is 0 Å². The number of halogens is 1. The zero-order chi connectivity index (χ0) is 15.4. The van der Waals surface area contributed by atoms with Crippen LogP contribution in [0, 0.1) is 0 Å². The first-order valence-electron chi connectivity index (χ1n) is 6.60. The Morgan fingerprint density at radius 2 is 1.95 bits per heavy atom. The van der Waals surface area contributed by atoms with E-state index in [1.807, 2.05) is 30.3 Å². The molecule has 6 heteroatoms. The van der Waals surface area contributed by atoms with Crippen LogP contribution in [-0.2, 0) is 6.61 Å². The fourth-order valence-corrected chi connectivity index (χ4v) is 2.11. The van der Waals surface area contributed by atoms with Crippen LogP contribution in [-0.4, -0.2) is 17.3 Å². The van der Waals surface area contributed by atoms with E-state index in [1.165, 1.54) is 0 Å². The van der Waals surface area contributed by atoms with Crippen molar-refractivity contribution >= 4 is 11.6 Å². The van der Waals surface area contributed by atoms with Gasteiger partial charge in [-0.15, -0.1) is 0 Å². The summed E-state index contributed by atoms with van der Waals surface area (Å²) in [5.74, 6) is 2.15. The van der Waals surface area contributed by atoms with E-state index in [1.54, 1.807) is 25.3 Å². The smallest absolute Gasteiger partial charge is 0.264 e. The van der Waals surface area contributed by atoms with Gasteiger partial charge in [0, 0.05) is 5.02 Å². The first kappa shape index (κ1) is 14.4. The van der Waals surface area contributed by atoms with Crippen molar-refractivity contribution in [3.63, 3.8) is 0 Å². The summed E-state index contributed by atoms with van der Waals surface area (Å²) in [5, 5.41) is 4.52. The largest absolute Gasteiger partial charge is 0.496 e. The Morgan fingerprint density at radius 1 is 1.14 bits per heavy atom. The van der Waals surface area contributed by atoms with Crippen LogP contribution in [0.1, 0.15) is 5.89 Å². The molecule has 3 rings (SSSR count). The van der Waals surface area contributed by atoms with E-state index in [0.717, 1.165) is 5.75 Å². The lowest BCUT2D eigenvalue weighted by Crippen LogP contribution is -1.95. The number of aromatic nitrogens is 2. The Bertz CT molecular complexity index is 759. The lowest BCUT2D eigenvalue weighted by atomic mass is 10.2. The summed E-state index contributed by atoms with van der Waals surface area (Å²) in [6.45, 7) is 0.194. The molecule has 0 amide bonds. The number of para-hydroxylation sites is 1. The van der Waals surface area contributed by atoms with Crippen LogP contribution in [0.3, 0.4) is 0 Å². The second kappa shape index (κ2) is 6.49. The SMILES string of the molecule is COc1ccc(Cl)cc1-c1noc(COc2ccccc2)n1. The van der Waals surface area contributed by atoms with E-state index < -0.39 is 0 Å². The molecule has 0 aliphatic rings. The number of hydrogen-bond acceptors (Lipinski definition) is 5. The zero-order valence-corrected chi connectivity index (χ0v) is 12.6. The molecule has 1 heterocycles. The topological polar surface area (TPSA) is 57.4 Å². The van der Waals surface area contributed by atoms with E-state index in [2.05, 4.69) is 10.1 Å². The molecule has 0 fully saturated rings. The quantitative estimate of drug-likeness (QED) is 0.712. The number of nitrogens with zero attached hydrogens (tertiary/aromatic N) is 2. The molecular weight excluding hydrogens is 304 g/mol. The Labute approximate surface area is 132 Å². The molecule has 22 heavy (non-hydrogen) atoms. The van der Waals surface area contributed by atoms with Crippen molar-refractivity contribution < 1.29 is 14.0 Å². The van der Waals surface area contributed by atoms with Crippen LogP contribution in [0.5, 0.6) is 11.5 Å². The molecule has 112 valence electrons. The summed E-state index contributed by atoms with van der Waals surface area (Å²) in [4.78, 5) is 4.30. The Balaban J connectivity index is 1.78. The Kier molecular flexibility index (Phi) is 4.25. The highest BCUT2D eigenvalue weighted by molar-refractivity contribution is 6.30. The van der Waals surface area contributed by atoms with Crippen molar-refractivity contribution in [3.05, 3.63) is 59.4 Å². The van der Waals surface area contributed by atoms with Crippen LogP contribution in [0.15, 0.2) is 53.1 Å². The van der Waals surface area contributed by atoms with E-state index in [4.69, 9.17) is 25.6 Å². The van der Waals surface area contributed by atoms with E-state index in [0.29, 0.717) is 28.1 Å². The standard InChI is InChI=1S/C16H13ClN2O3/c1-20-14-8-7-11(17)9-13(14)16-18-15(22-19-16)10-21-12-5-3-2-4-6-12/h2-9H,10H2,1H3. The molecule has 0 aliphatic heterocycles. The van der Waals surface area contributed by atoms with Gasteiger partial charge in [0.25, 0.3) is 5.89 Å². The van der Waals surface area contributed by atoms with Crippen LogP contribution >= 0.6 is 11.6 Å². The van der Waals surface area contributed by atoms with Crippen molar-refractivity contribution in [1.82, 2.24) is 10.1 Å². The van der Waals surface area contributed by atoms with Gasteiger partial charge in [-0.3, -0.25) is 0 Å². The highest BCUT2D eigenvalue weighted by Gasteiger charge is 2.14. The normalized spacial score (nSPS) is 10.5. The molecule has 0 saturated carbocycles. The van der Waals surface area contributed by atoms with Gasteiger partial charge in [0.15, 0.2) is 6.61 Å². The van der Waals surface area contributed by atoms with E-state index in [9.17, 15) is 0 Å². The highest BCUT2D eigenvalue weighted by Crippen LogP contribution is 2.30. The molecule has 0 aliphatic carbocycles. The maximum Gasteiger partial charge on any atom is 0.264 e. The highest BCUT2D eigenvalue weighted by atomic mass is 35.5. The van der Waals surface area contributed by atoms with Crippen molar-refractivity contribution in [2.75, 3.05) is 7.11 Å². The molecule has 5 nitrogen and oxygen atoms in total. The summed E-state index contributed by atoms with van der Waals surface area (Å²) < 4.78 is 16.0. The van der Waals surface area contributed by atoms with Gasteiger partial charge in [-0.05, 0) is 30.3 Å². The average molecular weight is 317 g/mol. The fourth-order valence-electron chi connectivity index (χ4n) is 1.94.